The van der Waals surface area contributed by atoms with Gasteiger partial charge >= 0.3 is 0 Å². The van der Waals surface area contributed by atoms with Crippen LogP contribution in [0.3, 0.4) is 0 Å². The van der Waals surface area contributed by atoms with Gasteiger partial charge in [-0.2, -0.15) is 0 Å². The van der Waals surface area contributed by atoms with Crippen LogP contribution in [0, 0.1) is 0 Å². The first kappa shape index (κ1) is 13.3. The van der Waals surface area contributed by atoms with Crippen molar-refractivity contribution < 1.29 is 0 Å². The van der Waals surface area contributed by atoms with Crippen molar-refractivity contribution in [1.29, 1.82) is 0 Å². The van der Waals surface area contributed by atoms with Crippen molar-refractivity contribution in [2.75, 3.05) is 6.54 Å². The molecule has 94 valence electrons. The van der Waals surface area contributed by atoms with Crippen molar-refractivity contribution in [2.24, 2.45) is 0 Å². The molecule has 0 bridgehead atoms. The summed E-state index contributed by atoms with van der Waals surface area (Å²) >= 11 is 3.46. The van der Waals surface area contributed by atoms with Crippen molar-refractivity contribution >= 4 is 15.9 Å². The molecule has 1 N–H and O–H groups in total. The molecule has 0 spiro atoms. The summed E-state index contributed by atoms with van der Waals surface area (Å²) in [5.41, 5.74) is 3.86. The van der Waals surface area contributed by atoms with Crippen molar-refractivity contribution in [2.45, 2.75) is 19.9 Å². The molecular formula is C16H18BrN. The zero-order valence-electron chi connectivity index (χ0n) is 10.6. The molecule has 0 aliphatic heterocycles. The van der Waals surface area contributed by atoms with E-state index in [-0.39, 0.29) is 0 Å². The van der Waals surface area contributed by atoms with Gasteiger partial charge < -0.3 is 5.32 Å². The minimum Gasteiger partial charge on any atom is -0.313 e. The summed E-state index contributed by atoms with van der Waals surface area (Å²) in [6.45, 7) is 4.21. The van der Waals surface area contributed by atoms with Crippen LogP contribution in [0.5, 0.6) is 0 Å². The highest BCUT2D eigenvalue weighted by Crippen LogP contribution is 2.22. The third kappa shape index (κ3) is 3.69. The highest BCUT2D eigenvalue weighted by molar-refractivity contribution is 9.10. The second-order valence-corrected chi connectivity index (χ2v) is 5.30. The number of benzene rings is 2. The topological polar surface area (TPSA) is 12.0 Å². The molecule has 0 heterocycles. The van der Waals surface area contributed by atoms with Crippen LogP contribution in [0.1, 0.15) is 18.9 Å². The predicted molar refractivity (Wildman–Crippen MR) is 81.6 cm³/mol. The quantitative estimate of drug-likeness (QED) is 0.795. The molecule has 1 nitrogen and oxygen atoms in total. The zero-order valence-corrected chi connectivity index (χ0v) is 12.2. The molecule has 2 rings (SSSR count). The average molecular weight is 304 g/mol. The standard InChI is InChI=1S/C16H18BrN/c1-2-11-18-12-13-3-5-14(6-4-13)15-7-9-16(17)10-8-15/h3-10,18H,2,11-12H2,1H3. The minimum absolute atomic E-state index is 0.953. The van der Waals surface area contributed by atoms with E-state index in [4.69, 9.17) is 0 Å². The van der Waals surface area contributed by atoms with E-state index in [0.717, 1.165) is 17.6 Å². The lowest BCUT2D eigenvalue weighted by Crippen LogP contribution is -2.13. The van der Waals surface area contributed by atoms with Crippen molar-refractivity contribution in [1.82, 2.24) is 5.32 Å². The average Bonchev–Trinajstić information content (AvgIpc) is 2.41. The number of nitrogens with one attached hydrogen (secondary N) is 1. The Morgan fingerprint density at radius 1 is 0.889 bits per heavy atom. The SMILES string of the molecule is CCCNCc1ccc(-c2ccc(Br)cc2)cc1. The summed E-state index contributed by atoms with van der Waals surface area (Å²) in [6, 6.07) is 17.2. The maximum absolute atomic E-state index is 3.46. The van der Waals surface area contributed by atoms with E-state index in [1.54, 1.807) is 0 Å². The third-order valence-corrected chi connectivity index (χ3v) is 3.42. The molecule has 2 aromatic carbocycles. The second kappa shape index (κ2) is 6.72. The number of hydrogen-bond acceptors (Lipinski definition) is 1. The lowest BCUT2D eigenvalue weighted by molar-refractivity contribution is 0.675. The molecule has 18 heavy (non-hydrogen) atoms. The molecule has 0 unspecified atom stereocenters. The molecule has 2 heteroatoms. The Balaban J connectivity index is 2.05. The van der Waals surface area contributed by atoms with E-state index < -0.39 is 0 Å². The number of rotatable bonds is 5. The van der Waals surface area contributed by atoms with Gasteiger partial charge in [0.1, 0.15) is 0 Å². The molecule has 0 saturated carbocycles. The monoisotopic (exact) mass is 303 g/mol. The summed E-state index contributed by atoms with van der Waals surface area (Å²) in [4.78, 5) is 0. The molecule has 0 amide bonds. The van der Waals surface area contributed by atoms with Gasteiger partial charge in [-0.05, 0) is 41.8 Å². The lowest BCUT2D eigenvalue weighted by Gasteiger charge is -2.06. The van der Waals surface area contributed by atoms with Gasteiger partial charge in [0.25, 0.3) is 0 Å². The van der Waals surface area contributed by atoms with Gasteiger partial charge in [-0.3, -0.25) is 0 Å². The van der Waals surface area contributed by atoms with Crippen molar-refractivity contribution in [3.8, 4) is 11.1 Å². The smallest absolute Gasteiger partial charge is 0.0205 e. The maximum Gasteiger partial charge on any atom is 0.0205 e. The van der Waals surface area contributed by atoms with Crippen LogP contribution in [-0.2, 0) is 6.54 Å². The van der Waals surface area contributed by atoms with Crippen LogP contribution in [0.2, 0.25) is 0 Å². The minimum atomic E-state index is 0.953. The lowest BCUT2D eigenvalue weighted by atomic mass is 10.0. The summed E-state index contributed by atoms with van der Waals surface area (Å²) in [7, 11) is 0. The van der Waals surface area contributed by atoms with Crippen LogP contribution in [-0.4, -0.2) is 6.54 Å². The Morgan fingerprint density at radius 3 is 2.00 bits per heavy atom. The van der Waals surface area contributed by atoms with Crippen LogP contribution in [0.25, 0.3) is 11.1 Å². The predicted octanol–water partition coefficient (Wildman–Crippen LogP) is 4.62. The third-order valence-electron chi connectivity index (χ3n) is 2.89. The van der Waals surface area contributed by atoms with Gasteiger partial charge in [0.2, 0.25) is 0 Å². The Hall–Kier alpha value is -1.12. The summed E-state index contributed by atoms with van der Waals surface area (Å²) in [5, 5.41) is 3.41. The first-order valence-corrected chi connectivity index (χ1v) is 7.14. The Labute approximate surface area is 117 Å². The molecule has 2 aromatic rings. The Morgan fingerprint density at radius 2 is 1.44 bits per heavy atom. The van der Waals surface area contributed by atoms with Gasteiger partial charge in [0, 0.05) is 11.0 Å². The molecule has 0 atom stereocenters. The first-order valence-electron chi connectivity index (χ1n) is 6.35. The fourth-order valence-electron chi connectivity index (χ4n) is 1.87. The van der Waals surface area contributed by atoms with Crippen molar-refractivity contribution in [3.63, 3.8) is 0 Å². The molecular weight excluding hydrogens is 286 g/mol. The molecule has 0 aromatic heterocycles. The molecule has 0 fully saturated rings. The molecule has 0 aliphatic rings. The second-order valence-electron chi connectivity index (χ2n) is 4.38. The van der Waals surface area contributed by atoms with Gasteiger partial charge in [-0.1, -0.05) is 59.3 Å². The first-order chi connectivity index (χ1) is 8.79. The van der Waals surface area contributed by atoms with Crippen LogP contribution < -0.4 is 5.32 Å². The zero-order chi connectivity index (χ0) is 12.8. The van der Waals surface area contributed by atoms with E-state index in [9.17, 15) is 0 Å². The van der Waals surface area contributed by atoms with E-state index in [0.29, 0.717) is 0 Å². The van der Waals surface area contributed by atoms with E-state index in [1.165, 1.54) is 23.1 Å². The summed E-state index contributed by atoms with van der Waals surface area (Å²) < 4.78 is 1.12. The van der Waals surface area contributed by atoms with Crippen LogP contribution in [0.15, 0.2) is 53.0 Å². The fraction of sp³-hybridized carbons (Fsp3) is 0.250. The van der Waals surface area contributed by atoms with Gasteiger partial charge in [0.05, 0.1) is 0 Å². The Kier molecular flexibility index (Phi) is 4.97. The van der Waals surface area contributed by atoms with Gasteiger partial charge in [0.15, 0.2) is 0 Å². The van der Waals surface area contributed by atoms with E-state index in [1.807, 2.05) is 0 Å². The summed E-state index contributed by atoms with van der Waals surface area (Å²) in [6.07, 6.45) is 1.18. The van der Waals surface area contributed by atoms with E-state index in [2.05, 4.69) is 76.7 Å². The largest absolute Gasteiger partial charge is 0.313 e. The number of hydrogen-bond donors (Lipinski definition) is 1. The maximum atomic E-state index is 3.46. The fourth-order valence-corrected chi connectivity index (χ4v) is 2.13. The van der Waals surface area contributed by atoms with Crippen molar-refractivity contribution in [3.05, 3.63) is 58.6 Å². The molecule has 0 radical (unpaired) electrons. The normalized spacial score (nSPS) is 10.6. The van der Waals surface area contributed by atoms with Gasteiger partial charge in [-0.15, -0.1) is 0 Å². The van der Waals surface area contributed by atoms with Gasteiger partial charge in [-0.25, -0.2) is 0 Å². The Bertz CT molecular complexity index is 473. The molecule has 0 saturated heterocycles. The van der Waals surface area contributed by atoms with E-state index >= 15 is 0 Å². The van der Waals surface area contributed by atoms with Crippen LogP contribution in [0.4, 0.5) is 0 Å². The number of halogens is 1. The highest BCUT2D eigenvalue weighted by atomic mass is 79.9. The van der Waals surface area contributed by atoms with Crippen LogP contribution >= 0.6 is 15.9 Å². The molecule has 0 aliphatic carbocycles. The summed E-state index contributed by atoms with van der Waals surface area (Å²) in [5.74, 6) is 0. The highest BCUT2D eigenvalue weighted by Gasteiger charge is 1.98.